The molecule has 6 N–H and O–H groups in total. The van der Waals surface area contributed by atoms with Gasteiger partial charge in [0.05, 0.1) is 33.2 Å². The number of hydrogen-bond donors (Lipinski definition) is 4. The summed E-state index contributed by atoms with van der Waals surface area (Å²) in [6.07, 6.45) is 1.75. The van der Waals surface area contributed by atoms with E-state index in [1.54, 1.807) is 12.3 Å². The minimum Gasteiger partial charge on any atom is -0.493 e. The Kier molecular flexibility index (Phi) is 7.01. The molecule has 0 radical (unpaired) electrons. The normalized spacial score (nSPS) is 13.5. The second-order valence-corrected chi connectivity index (χ2v) is 8.56. The first-order valence-corrected chi connectivity index (χ1v) is 11.4. The zero-order valence-corrected chi connectivity index (χ0v) is 21.2. The van der Waals surface area contributed by atoms with Gasteiger partial charge >= 0.3 is 5.69 Å². The first-order valence-electron chi connectivity index (χ1n) is 10.6. The number of nitro groups is 2. The van der Waals surface area contributed by atoms with Gasteiger partial charge in [0.25, 0.3) is 5.69 Å². The van der Waals surface area contributed by atoms with Gasteiger partial charge in [-0.25, -0.2) is 9.98 Å². The molecule has 16 nitrogen and oxygen atoms in total. The third-order valence-electron chi connectivity index (χ3n) is 5.49. The van der Waals surface area contributed by atoms with E-state index in [1.807, 2.05) is 6.07 Å². The van der Waals surface area contributed by atoms with E-state index in [0.717, 1.165) is 18.2 Å². The molecule has 0 fully saturated rings. The average molecular weight is 595 g/mol. The largest absolute Gasteiger partial charge is 0.493 e. The van der Waals surface area contributed by atoms with Crippen molar-refractivity contribution in [3.05, 3.63) is 71.7 Å². The predicted molar refractivity (Wildman–Crippen MR) is 140 cm³/mol. The van der Waals surface area contributed by atoms with Gasteiger partial charge in [-0.15, -0.1) is 0 Å². The number of nitriles is 2. The number of guanidine groups is 1. The van der Waals surface area contributed by atoms with Crippen molar-refractivity contribution in [1.29, 1.82) is 10.5 Å². The zero-order chi connectivity index (χ0) is 28.4. The Morgan fingerprint density at radius 3 is 2.51 bits per heavy atom. The number of hydrogen-bond acceptors (Lipinski definition) is 14. The van der Waals surface area contributed by atoms with E-state index in [0.29, 0.717) is 11.1 Å². The van der Waals surface area contributed by atoms with Gasteiger partial charge in [0, 0.05) is 11.6 Å². The fraction of sp³-hybridized carbons (Fsp3) is 0.0909. The molecule has 196 valence electrons. The molecule has 1 aliphatic rings. The van der Waals surface area contributed by atoms with E-state index in [4.69, 9.17) is 26.2 Å². The number of rotatable bonds is 6. The fourth-order valence-electron chi connectivity index (χ4n) is 3.78. The number of benzene rings is 2. The number of methoxy groups -OCH3 is 1. The molecule has 4 rings (SSSR count). The minimum absolute atomic E-state index is 0.0211. The van der Waals surface area contributed by atoms with E-state index in [2.05, 4.69) is 36.5 Å². The molecule has 0 aliphatic carbocycles. The van der Waals surface area contributed by atoms with Crippen LogP contribution < -0.4 is 31.6 Å². The van der Waals surface area contributed by atoms with E-state index in [1.165, 1.54) is 13.2 Å². The van der Waals surface area contributed by atoms with Crippen LogP contribution in [0.2, 0.25) is 0 Å². The number of nitro benzene ring substituents is 2. The smallest absolute Gasteiger partial charge is 0.318 e. The van der Waals surface area contributed by atoms with Crippen LogP contribution in [0.4, 0.5) is 28.7 Å². The number of ether oxygens (including phenoxy) is 2. The molecule has 0 saturated heterocycles. The molecule has 1 aliphatic heterocycles. The zero-order valence-electron chi connectivity index (χ0n) is 19.6. The number of nitrogens with one attached hydrogen (secondary N) is 2. The highest BCUT2D eigenvalue weighted by Crippen LogP contribution is 2.47. The average Bonchev–Trinajstić information content (AvgIpc) is 2.89. The minimum atomic E-state index is -0.912. The number of nitrogens with two attached hydrogens (primary N) is 2. The maximum Gasteiger partial charge on any atom is 0.318 e. The number of nitrogen functional groups attached to an aromatic ring is 2. The summed E-state index contributed by atoms with van der Waals surface area (Å²) in [5, 5.41) is 46.4. The van der Waals surface area contributed by atoms with Crippen molar-refractivity contribution >= 4 is 50.6 Å². The molecule has 39 heavy (non-hydrogen) atoms. The monoisotopic (exact) mass is 594 g/mol. The summed E-state index contributed by atoms with van der Waals surface area (Å²) in [6.45, 7) is 0. The van der Waals surface area contributed by atoms with Crippen LogP contribution in [0.3, 0.4) is 0 Å². The lowest BCUT2D eigenvalue weighted by Gasteiger charge is -2.27. The van der Waals surface area contributed by atoms with Gasteiger partial charge in [0.1, 0.15) is 29.3 Å². The van der Waals surface area contributed by atoms with Gasteiger partial charge < -0.3 is 26.3 Å². The number of fused-ring (bicyclic) bond motifs is 1. The Balaban J connectivity index is 1.85. The van der Waals surface area contributed by atoms with E-state index in [9.17, 15) is 25.5 Å². The number of aromatic nitrogens is 1. The Morgan fingerprint density at radius 1 is 1.15 bits per heavy atom. The molecule has 0 saturated carbocycles. The van der Waals surface area contributed by atoms with Crippen molar-refractivity contribution in [1.82, 2.24) is 10.3 Å². The topological polar surface area (TPSA) is 254 Å². The van der Waals surface area contributed by atoms with Crippen molar-refractivity contribution in [2.75, 3.05) is 23.9 Å². The second-order valence-electron chi connectivity index (χ2n) is 7.70. The van der Waals surface area contributed by atoms with Crippen LogP contribution in [0.15, 0.2) is 39.8 Å². The maximum absolute atomic E-state index is 11.6. The summed E-state index contributed by atoms with van der Waals surface area (Å²) >= 11 is 3.37. The standard InChI is InChI=1S/C22H15BrN10O6/c1-38-15-5-9(4-12(23)19(15)39-14-3-2-10(32(34)35)6-13(14)33(36)37)18-16-17(26)11(7-24)20(27)30-21(16)31-22(29-18)28-8-25/h2-6,18H,1H3,(H6,26,27,28,29,30,31). The van der Waals surface area contributed by atoms with Crippen LogP contribution in [0.5, 0.6) is 17.2 Å². The first-order chi connectivity index (χ1) is 18.6. The number of aliphatic imine (C=N–C) groups is 1. The summed E-state index contributed by atoms with van der Waals surface area (Å²) in [6, 6.07) is 7.01. The van der Waals surface area contributed by atoms with Crippen LogP contribution in [0, 0.1) is 43.0 Å². The van der Waals surface area contributed by atoms with Crippen molar-refractivity contribution in [2.45, 2.75) is 6.04 Å². The molecule has 1 unspecified atom stereocenters. The van der Waals surface area contributed by atoms with Gasteiger partial charge in [0.2, 0.25) is 11.7 Å². The summed E-state index contributed by atoms with van der Waals surface area (Å²) < 4.78 is 11.5. The maximum atomic E-state index is 11.6. The number of pyridine rings is 1. The van der Waals surface area contributed by atoms with Gasteiger partial charge in [-0.05, 0) is 39.7 Å². The number of non-ortho nitro benzene ring substituents is 1. The second kappa shape index (κ2) is 10.4. The van der Waals surface area contributed by atoms with Gasteiger partial charge in [0.15, 0.2) is 17.7 Å². The van der Waals surface area contributed by atoms with E-state index < -0.39 is 27.3 Å². The summed E-state index contributed by atoms with van der Waals surface area (Å²) in [4.78, 5) is 29.7. The lowest BCUT2D eigenvalue weighted by Crippen LogP contribution is -2.32. The molecular formula is C22H15BrN10O6. The Labute approximate surface area is 226 Å². The van der Waals surface area contributed by atoms with Crippen LogP contribution in [0.25, 0.3) is 0 Å². The van der Waals surface area contributed by atoms with Gasteiger partial charge in [-0.1, -0.05) is 0 Å². The SMILES string of the molecule is COc1cc(C2N=C(NC#N)Nc3nc(N)c(C#N)c(N)c32)cc(Br)c1Oc1ccc([N+](=O)[O-])cc1[N+](=O)[O-]. The third-order valence-corrected chi connectivity index (χ3v) is 6.08. The molecule has 0 spiro atoms. The number of halogens is 1. The summed E-state index contributed by atoms with van der Waals surface area (Å²) in [7, 11) is 1.33. The molecule has 17 heteroatoms. The number of anilines is 3. The Bertz CT molecular complexity index is 1660. The molecule has 2 heterocycles. The molecular weight excluding hydrogens is 580 g/mol. The molecule has 1 aromatic heterocycles. The molecule has 2 aromatic carbocycles. The highest BCUT2D eigenvalue weighted by atomic mass is 79.9. The van der Waals surface area contributed by atoms with Crippen LogP contribution in [0.1, 0.15) is 22.7 Å². The molecule has 3 aromatic rings. The van der Waals surface area contributed by atoms with Crippen molar-refractivity contribution < 1.29 is 19.3 Å². The van der Waals surface area contributed by atoms with Crippen LogP contribution in [-0.4, -0.2) is 27.9 Å². The molecule has 0 amide bonds. The fourth-order valence-corrected chi connectivity index (χ4v) is 4.32. The highest BCUT2D eigenvalue weighted by molar-refractivity contribution is 9.10. The Morgan fingerprint density at radius 2 is 1.90 bits per heavy atom. The number of nitrogens with zero attached hydrogens (tertiary/aromatic N) is 6. The third kappa shape index (κ3) is 4.84. The van der Waals surface area contributed by atoms with Gasteiger partial charge in [-0.3, -0.25) is 25.5 Å². The van der Waals surface area contributed by atoms with E-state index in [-0.39, 0.29) is 50.6 Å². The van der Waals surface area contributed by atoms with Crippen molar-refractivity contribution in [3.8, 4) is 29.5 Å². The quantitative estimate of drug-likeness (QED) is 0.138. The van der Waals surface area contributed by atoms with Crippen molar-refractivity contribution in [3.63, 3.8) is 0 Å². The van der Waals surface area contributed by atoms with Crippen molar-refractivity contribution in [2.24, 2.45) is 4.99 Å². The molecule has 0 bridgehead atoms. The first kappa shape index (κ1) is 26.4. The highest BCUT2D eigenvalue weighted by Gasteiger charge is 2.31. The van der Waals surface area contributed by atoms with Gasteiger partial charge in [-0.2, -0.15) is 10.5 Å². The lowest BCUT2D eigenvalue weighted by molar-refractivity contribution is -0.394. The lowest BCUT2D eigenvalue weighted by atomic mass is 9.95. The molecule has 1 atom stereocenters. The summed E-state index contributed by atoms with van der Waals surface area (Å²) in [5.74, 6) is -0.0786. The van der Waals surface area contributed by atoms with E-state index >= 15 is 0 Å². The van der Waals surface area contributed by atoms with Crippen LogP contribution >= 0.6 is 15.9 Å². The van der Waals surface area contributed by atoms with Crippen LogP contribution in [-0.2, 0) is 0 Å². The summed E-state index contributed by atoms with van der Waals surface area (Å²) in [5.41, 5.74) is 11.7. The Hall–Kier alpha value is -5.68. The predicted octanol–water partition coefficient (Wildman–Crippen LogP) is 3.44.